The first kappa shape index (κ1) is 26.5. The average Bonchev–Trinajstić information content (AvgIpc) is 2.57. The van der Waals surface area contributed by atoms with Crippen molar-refractivity contribution in [3.05, 3.63) is 36.0 Å². The molecule has 5 heteroatoms. The third-order valence-corrected chi connectivity index (χ3v) is 5.00. The molecule has 158 valence electrons. The molecule has 1 aliphatic rings. The van der Waals surface area contributed by atoms with Gasteiger partial charge in [-0.25, -0.2) is 0 Å². The molecule has 1 rings (SSSR count). The second-order valence-corrected chi connectivity index (χ2v) is 8.44. The third kappa shape index (κ3) is 11.8. The lowest BCUT2D eigenvalue weighted by molar-refractivity contribution is 0.123. The van der Waals surface area contributed by atoms with Gasteiger partial charge in [0.05, 0.1) is 12.2 Å². The lowest BCUT2D eigenvalue weighted by atomic mass is 9.79. The monoisotopic (exact) mass is 399 g/mol. The first-order valence-corrected chi connectivity index (χ1v) is 11.2. The molecule has 0 heterocycles. The molecule has 0 aromatic heterocycles. The molecule has 0 bridgehead atoms. The molecule has 0 aliphatic heterocycles. The van der Waals surface area contributed by atoms with Crippen LogP contribution in [0.2, 0.25) is 0 Å². The van der Waals surface area contributed by atoms with Crippen molar-refractivity contribution in [2.75, 3.05) is 6.66 Å². The lowest BCUT2D eigenvalue weighted by Gasteiger charge is -2.27. The summed E-state index contributed by atoms with van der Waals surface area (Å²) in [5, 5.41) is 28.8. The number of nitrogens with two attached hydrogens (primary N) is 1. The lowest BCUT2D eigenvalue weighted by Crippen LogP contribution is -2.27. The Labute approximate surface area is 168 Å². The molecule has 2 unspecified atom stereocenters. The van der Waals surface area contributed by atoms with Crippen LogP contribution in [-0.2, 0) is 0 Å². The summed E-state index contributed by atoms with van der Waals surface area (Å²) >= 11 is 0. The van der Waals surface area contributed by atoms with Gasteiger partial charge in [0.2, 0.25) is 0 Å². The van der Waals surface area contributed by atoms with E-state index >= 15 is 0 Å². The Bertz CT molecular complexity index is 470. The zero-order valence-electron chi connectivity index (χ0n) is 17.7. The van der Waals surface area contributed by atoms with Crippen molar-refractivity contribution in [2.24, 2.45) is 17.1 Å². The predicted molar refractivity (Wildman–Crippen MR) is 119 cm³/mol. The van der Waals surface area contributed by atoms with Gasteiger partial charge < -0.3 is 21.1 Å². The van der Waals surface area contributed by atoms with E-state index in [1.165, 1.54) is 0 Å². The summed E-state index contributed by atoms with van der Waals surface area (Å²) in [6.07, 6.45) is 10.2. The highest BCUT2D eigenvalue weighted by Gasteiger charge is 2.25. The van der Waals surface area contributed by atoms with E-state index in [0.29, 0.717) is 30.8 Å². The Kier molecular flexibility index (Phi) is 13.4. The van der Waals surface area contributed by atoms with Crippen LogP contribution in [0.1, 0.15) is 65.7 Å². The van der Waals surface area contributed by atoms with Crippen molar-refractivity contribution in [3.63, 3.8) is 0 Å². The maximum atomic E-state index is 9.86. The molecular weight excluding hydrogens is 357 g/mol. The van der Waals surface area contributed by atoms with Gasteiger partial charge in [-0.15, -0.1) is 9.24 Å². The van der Waals surface area contributed by atoms with Crippen LogP contribution in [0, 0.1) is 11.3 Å². The minimum Gasteiger partial charge on any atom is -0.388 e. The second kappa shape index (κ2) is 13.6. The molecule has 1 saturated carbocycles. The van der Waals surface area contributed by atoms with Crippen molar-refractivity contribution in [3.8, 4) is 0 Å². The summed E-state index contributed by atoms with van der Waals surface area (Å²) < 4.78 is 0. The number of hydrogen-bond donors (Lipinski definition) is 4. The van der Waals surface area contributed by atoms with Crippen LogP contribution in [0.3, 0.4) is 0 Å². The molecule has 5 atom stereocenters. The fourth-order valence-corrected chi connectivity index (χ4v) is 3.60. The SMILES string of the molecule is C=C1[C@H](O)CC(=C/C=C/CC(C)(C)C[C@@H](C)CCCC(N)O)C[C@H]1O.CP. The molecule has 0 amide bonds. The van der Waals surface area contributed by atoms with Crippen LogP contribution in [0.4, 0.5) is 0 Å². The van der Waals surface area contributed by atoms with Crippen LogP contribution in [0.15, 0.2) is 36.0 Å². The van der Waals surface area contributed by atoms with Crippen molar-refractivity contribution >= 4 is 9.24 Å². The Morgan fingerprint density at radius 3 is 2.30 bits per heavy atom. The van der Waals surface area contributed by atoms with E-state index in [2.05, 4.69) is 42.7 Å². The van der Waals surface area contributed by atoms with Crippen LogP contribution >= 0.6 is 9.24 Å². The molecule has 1 aliphatic carbocycles. The molecule has 0 radical (unpaired) electrons. The highest BCUT2D eigenvalue weighted by atomic mass is 31.0. The van der Waals surface area contributed by atoms with Crippen LogP contribution < -0.4 is 5.73 Å². The van der Waals surface area contributed by atoms with Crippen molar-refractivity contribution in [1.82, 2.24) is 0 Å². The predicted octanol–water partition coefficient (Wildman–Crippen LogP) is 3.92. The summed E-state index contributed by atoms with van der Waals surface area (Å²) in [7, 11) is 2.42. The number of aliphatic hydroxyl groups is 3. The molecular formula is C22H42NO3P. The summed E-state index contributed by atoms with van der Waals surface area (Å²) in [5.41, 5.74) is 7.19. The van der Waals surface area contributed by atoms with Gasteiger partial charge in [-0.05, 0) is 55.4 Å². The van der Waals surface area contributed by atoms with E-state index < -0.39 is 18.4 Å². The van der Waals surface area contributed by atoms with Gasteiger partial charge in [0.25, 0.3) is 0 Å². The maximum absolute atomic E-state index is 9.86. The summed E-state index contributed by atoms with van der Waals surface area (Å²) in [6.45, 7) is 12.5. The van der Waals surface area contributed by atoms with Gasteiger partial charge in [0.1, 0.15) is 6.23 Å². The Morgan fingerprint density at radius 2 is 1.78 bits per heavy atom. The number of hydrogen-bond acceptors (Lipinski definition) is 4. The average molecular weight is 400 g/mol. The van der Waals surface area contributed by atoms with Crippen molar-refractivity contribution < 1.29 is 15.3 Å². The smallest absolute Gasteiger partial charge is 0.102 e. The molecule has 0 spiro atoms. The fraction of sp³-hybridized carbons (Fsp3) is 0.727. The summed E-state index contributed by atoms with van der Waals surface area (Å²) in [6, 6.07) is 0. The van der Waals surface area contributed by atoms with Gasteiger partial charge in [-0.2, -0.15) is 0 Å². The maximum Gasteiger partial charge on any atom is 0.102 e. The zero-order chi connectivity index (χ0) is 21.0. The fourth-order valence-electron chi connectivity index (χ4n) is 3.60. The zero-order valence-corrected chi connectivity index (χ0v) is 18.8. The molecule has 5 N–H and O–H groups in total. The molecule has 0 saturated heterocycles. The summed E-state index contributed by atoms with van der Waals surface area (Å²) in [4.78, 5) is 0. The van der Waals surface area contributed by atoms with Gasteiger partial charge in [0.15, 0.2) is 0 Å². The number of allylic oxidation sites excluding steroid dienone is 3. The van der Waals surface area contributed by atoms with E-state index in [4.69, 9.17) is 10.8 Å². The highest BCUT2D eigenvalue weighted by molar-refractivity contribution is 7.15. The van der Waals surface area contributed by atoms with E-state index in [0.717, 1.165) is 31.3 Å². The quantitative estimate of drug-likeness (QED) is 0.269. The molecule has 0 aromatic carbocycles. The largest absolute Gasteiger partial charge is 0.388 e. The third-order valence-electron chi connectivity index (χ3n) is 5.00. The van der Waals surface area contributed by atoms with E-state index in [-0.39, 0.29) is 5.41 Å². The van der Waals surface area contributed by atoms with Gasteiger partial charge >= 0.3 is 0 Å². The summed E-state index contributed by atoms with van der Waals surface area (Å²) in [5.74, 6) is 0.607. The van der Waals surface area contributed by atoms with Crippen LogP contribution in [0.5, 0.6) is 0 Å². The van der Waals surface area contributed by atoms with E-state index in [1.54, 1.807) is 0 Å². The van der Waals surface area contributed by atoms with Gasteiger partial charge in [-0.3, -0.25) is 0 Å². The number of aliphatic hydroxyl groups excluding tert-OH is 3. The topological polar surface area (TPSA) is 86.7 Å². The minimum atomic E-state index is -0.690. The van der Waals surface area contributed by atoms with Crippen molar-refractivity contribution in [1.29, 1.82) is 0 Å². The molecule has 0 aromatic rings. The van der Waals surface area contributed by atoms with Gasteiger partial charge in [0, 0.05) is 0 Å². The Hall–Kier alpha value is -0.510. The molecule has 1 fully saturated rings. The van der Waals surface area contributed by atoms with E-state index in [1.807, 2.05) is 18.8 Å². The molecule has 27 heavy (non-hydrogen) atoms. The first-order chi connectivity index (χ1) is 12.6. The normalized spacial score (nSPS) is 23.0. The minimum absolute atomic E-state index is 0.218. The Balaban J connectivity index is 0.00000326. The van der Waals surface area contributed by atoms with Crippen LogP contribution in [-0.4, -0.2) is 40.4 Å². The van der Waals surface area contributed by atoms with E-state index in [9.17, 15) is 10.2 Å². The molecule has 4 nitrogen and oxygen atoms in total. The Morgan fingerprint density at radius 1 is 1.22 bits per heavy atom. The standard InChI is InChI=1S/C21H37NO3.CH5P/c1-15(8-7-10-20(22)25)14-21(3,4)11-6-5-9-17-12-18(23)16(2)19(24)13-17;1-2/h5-6,9,15,18-20,23-25H,2,7-8,10-14,22H2,1,3-4H3;2H2,1H3/b6-5+;/t15-,18+,19+,20?;/m0./s1. The van der Waals surface area contributed by atoms with Crippen molar-refractivity contribution in [2.45, 2.75) is 84.2 Å². The van der Waals surface area contributed by atoms with Gasteiger partial charge in [-0.1, -0.05) is 64.2 Å². The van der Waals surface area contributed by atoms with Crippen LogP contribution in [0.25, 0.3) is 0 Å². The second-order valence-electron chi connectivity index (χ2n) is 8.44. The highest BCUT2D eigenvalue weighted by Crippen LogP contribution is 2.32. The number of rotatable bonds is 9. The first-order valence-electron chi connectivity index (χ1n) is 10.0.